The van der Waals surface area contributed by atoms with Crippen molar-refractivity contribution >= 4 is 34.5 Å². The Morgan fingerprint density at radius 2 is 2.10 bits per heavy atom. The maximum absolute atomic E-state index is 11.8. The van der Waals surface area contributed by atoms with Gasteiger partial charge >= 0.3 is 0 Å². The fourth-order valence-corrected chi connectivity index (χ4v) is 2.63. The van der Waals surface area contributed by atoms with Gasteiger partial charge < -0.3 is 15.8 Å². The highest BCUT2D eigenvalue weighted by atomic mass is 32.1. The van der Waals surface area contributed by atoms with Gasteiger partial charge in [-0.15, -0.1) is 11.3 Å². The van der Waals surface area contributed by atoms with Gasteiger partial charge in [0.25, 0.3) is 5.91 Å². The minimum atomic E-state index is -0.158. The molecule has 1 atom stereocenters. The first kappa shape index (κ1) is 15.5. The SMILES string of the molecule is CC(NC(=O)COc1ccc(C(N)=S)cc1)c1cccs1. The summed E-state index contributed by atoms with van der Waals surface area (Å²) in [5.74, 6) is 0.447. The topological polar surface area (TPSA) is 64.3 Å². The lowest BCUT2D eigenvalue weighted by Crippen LogP contribution is -2.30. The van der Waals surface area contributed by atoms with Gasteiger partial charge in [-0.2, -0.15) is 0 Å². The minimum absolute atomic E-state index is 0.0157. The molecular weight excluding hydrogens is 304 g/mol. The van der Waals surface area contributed by atoms with Gasteiger partial charge in [-0.1, -0.05) is 18.3 Å². The molecule has 2 rings (SSSR count). The van der Waals surface area contributed by atoms with E-state index in [0.29, 0.717) is 10.7 Å². The summed E-state index contributed by atoms with van der Waals surface area (Å²) in [5.41, 5.74) is 6.29. The molecule has 0 bridgehead atoms. The summed E-state index contributed by atoms with van der Waals surface area (Å²) in [5, 5.41) is 4.87. The lowest BCUT2D eigenvalue weighted by atomic mass is 10.2. The van der Waals surface area contributed by atoms with Crippen LogP contribution in [-0.4, -0.2) is 17.5 Å². The second-order valence-electron chi connectivity index (χ2n) is 4.48. The Hall–Kier alpha value is -1.92. The minimum Gasteiger partial charge on any atom is -0.484 e. The maximum atomic E-state index is 11.8. The van der Waals surface area contributed by atoms with Crippen LogP contribution in [0.15, 0.2) is 41.8 Å². The molecule has 0 saturated carbocycles. The third-order valence-corrected chi connectivity index (χ3v) is 4.15. The first-order valence-electron chi connectivity index (χ1n) is 6.41. The Morgan fingerprint density at radius 1 is 1.38 bits per heavy atom. The lowest BCUT2D eigenvalue weighted by Gasteiger charge is -2.13. The number of carbonyl (C=O) groups is 1. The predicted octanol–water partition coefficient (Wildman–Crippen LogP) is 2.64. The zero-order valence-electron chi connectivity index (χ0n) is 11.5. The molecule has 1 heterocycles. The van der Waals surface area contributed by atoms with E-state index in [9.17, 15) is 4.79 Å². The number of carbonyl (C=O) groups excluding carboxylic acids is 1. The average Bonchev–Trinajstić information content (AvgIpc) is 3.00. The number of ether oxygens (including phenoxy) is 1. The molecule has 0 fully saturated rings. The smallest absolute Gasteiger partial charge is 0.258 e. The number of nitrogens with one attached hydrogen (secondary N) is 1. The second kappa shape index (κ2) is 7.19. The van der Waals surface area contributed by atoms with Crippen molar-refractivity contribution in [2.24, 2.45) is 5.73 Å². The highest BCUT2D eigenvalue weighted by Crippen LogP contribution is 2.18. The Balaban J connectivity index is 1.82. The molecule has 6 heteroatoms. The fourth-order valence-electron chi connectivity index (χ4n) is 1.76. The van der Waals surface area contributed by atoms with Crippen molar-refractivity contribution in [2.75, 3.05) is 6.61 Å². The molecule has 0 aliphatic carbocycles. The van der Waals surface area contributed by atoms with Crippen LogP contribution in [0.2, 0.25) is 0 Å². The largest absolute Gasteiger partial charge is 0.484 e. The van der Waals surface area contributed by atoms with Crippen molar-refractivity contribution in [3.8, 4) is 5.75 Å². The number of benzene rings is 1. The number of thiocarbonyl (C=S) groups is 1. The van der Waals surface area contributed by atoms with E-state index >= 15 is 0 Å². The van der Waals surface area contributed by atoms with Crippen molar-refractivity contribution in [3.05, 3.63) is 52.2 Å². The number of hydrogen-bond donors (Lipinski definition) is 2. The molecule has 0 radical (unpaired) electrons. The van der Waals surface area contributed by atoms with E-state index in [-0.39, 0.29) is 18.6 Å². The first-order valence-corrected chi connectivity index (χ1v) is 7.70. The van der Waals surface area contributed by atoms with Crippen LogP contribution in [0.4, 0.5) is 0 Å². The summed E-state index contributed by atoms with van der Waals surface area (Å²) < 4.78 is 5.43. The van der Waals surface area contributed by atoms with E-state index in [1.165, 1.54) is 0 Å². The molecule has 4 nitrogen and oxygen atoms in total. The van der Waals surface area contributed by atoms with Crippen LogP contribution in [0.1, 0.15) is 23.4 Å². The molecule has 1 unspecified atom stereocenters. The van der Waals surface area contributed by atoms with Crippen LogP contribution in [-0.2, 0) is 4.79 Å². The Labute approximate surface area is 132 Å². The van der Waals surface area contributed by atoms with E-state index in [1.54, 1.807) is 35.6 Å². The monoisotopic (exact) mass is 320 g/mol. The molecular formula is C15H16N2O2S2. The molecule has 2 aromatic rings. The predicted molar refractivity (Wildman–Crippen MR) is 88.7 cm³/mol. The molecule has 1 amide bonds. The third kappa shape index (κ3) is 4.54. The van der Waals surface area contributed by atoms with Gasteiger partial charge in [0.15, 0.2) is 6.61 Å². The molecule has 3 N–H and O–H groups in total. The molecule has 1 aromatic heterocycles. The van der Waals surface area contributed by atoms with Crippen LogP contribution >= 0.6 is 23.6 Å². The second-order valence-corrected chi connectivity index (χ2v) is 5.90. The molecule has 1 aromatic carbocycles. The van der Waals surface area contributed by atoms with Crippen molar-refractivity contribution in [1.82, 2.24) is 5.32 Å². The summed E-state index contributed by atoms with van der Waals surface area (Å²) in [6.45, 7) is 1.92. The molecule has 0 aliphatic rings. The molecule has 0 saturated heterocycles. The van der Waals surface area contributed by atoms with E-state index in [1.807, 2.05) is 24.4 Å². The van der Waals surface area contributed by atoms with Gasteiger partial charge in [0.1, 0.15) is 10.7 Å². The van der Waals surface area contributed by atoms with Crippen LogP contribution in [0.5, 0.6) is 5.75 Å². The number of thiophene rings is 1. The molecule has 0 aliphatic heterocycles. The molecule has 21 heavy (non-hydrogen) atoms. The van der Waals surface area contributed by atoms with E-state index in [2.05, 4.69) is 5.32 Å². The van der Waals surface area contributed by atoms with Crippen LogP contribution in [0.25, 0.3) is 0 Å². The highest BCUT2D eigenvalue weighted by Gasteiger charge is 2.10. The quantitative estimate of drug-likeness (QED) is 0.803. The van der Waals surface area contributed by atoms with Gasteiger partial charge in [-0.3, -0.25) is 4.79 Å². The summed E-state index contributed by atoms with van der Waals surface area (Å²) in [7, 11) is 0. The zero-order valence-corrected chi connectivity index (χ0v) is 13.2. The van der Waals surface area contributed by atoms with Crippen molar-refractivity contribution in [2.45, 2.75) is 13.0 Å². The van der Waals surface area contributed by atoms with Gasteiger partial charge in [-0.05, 0) is 42.6 Å². The van der Waals surface area contributed by atoms with E-state index in [4.69, 9.17) is 22.7 Å². The normalized spacial score (nSPS) is 11.7. The van der Waals surface area contributed by atoms with E-state index in [0.717, 1.165) is 10.4 Å². The fraction of sp³-hybridized carbons (Fsp3) is 0.200. The Bertz CT molecular complexity index is 609. The summed E-state index contributed by atoms with van der Waals surface area (Å²) in [4.78, 5) is 13.3. The van der Waals surface area contributed by atoms with Crippen LogP contribution in [0.3, 0.4) is 0 Å². The molecule has 0 spiro atoms. The Kier molecular flexibility index (Phi) is 5.30. The highest BCUT2D eigenvalue weighted by molar-refractivity contribution is 7.80. The number of hydrogen-bond acceptors (Lipinski definition) is 4. The third-order valence-electron chi connectivity index (χ3n) is 2.86. The van der Waals surface area contributed by atoms with Gasteiger partial charge in [0, 0.05) is 10.4 Å². The van der Waals surface area contributed by atoms with Gasteiger partial charge in [0.05, 0.1) is 6.04 Å². The van der Waals surface area contributed by atoms with Crippen LogP contribution < -0.4 is 15.8 Å². The lowest BCUT2D eigenvalue weighted by molar-refractivity contribution is -0.123. The number of rotatable bonds is 6. The van der Waals surface area contributed by atoms with Crippen molar-refractivity contribution in [3.63, 3.8) is 0 Å². The summed E-state index contributed by atoms with van der Waals surface area (Å²) >= 11 is 6.48. The number of nitrogens with two attached hydrogens (primary N) is 1. The van der Waals surface area contributed by atoms with Crippen molar-refractivity contribution in [1.29, 1.82) is 0 Å². The standard InChI is InChI=1S/C15H16N2O2S2/c1-10(13-3-2-8-21-13)17-14(18)9-19-12-6-4-11(5-7-12)15(16)20/h2-8,10H,9H2,1H3,(H2,16,20)(H,17,18). The summed E-state index contributed by atoms with van der Waals surface area (Å²) in [6.07, 6.45) is 0. The summed E-state index contributed by atoms with van der Waals surface area (Å²) in [6, 6.07) is 11.0. The maximum Gasteiger partial charge on any atom is 0.258 e. The van der Waals surface area contributed by atoms with E-state index < -0.39 is 0 Å². The van der Waals surface area contributed by atoms with Gasteiger partial charge in [0.2, 0.25) is 0 Å². The van der Waals surface area contributed by atoms with Crippen LogP contribution in [0, 0.1) is 0 Å². The van der Waals surface area contributed by atoms with Crippen molar-refractivity contribution < 1.29 is 9.53 Å². The Morgan fingerprint density at radius 3 is 2.67 bits per heavy atom. The zero-order chi connectivity index (χ0) is 15.2. The number of amides is 1. The first-order chi connectivity index (χ1) is 10.1. The van der Waals surface area contributed by atoms with Gasteiger partial charge in [-0.25, -0.2) is 0 Å². The average molecular weight is 320 g/mol. The molecule has 110 valence electrons.